The van der Waals surface area contributed by atoms with E-state index < -0.39 is 0 Å². The minimum absolute atomic E-state index is 0.847. The average molecular weight is 146 g/mol. The molecule has 0 atom stereocenters. The Morgan fingerprint density at radius 1 is 1.80 bits per heavy atom. The van der Waals surface area contributed by atoms with Crippen LogP contribution in [-0.4, -0.2) is 7.11 Å². The summed E-state index contributed by atoms with van der Waals surface area (Å²) < 4.78 is 4.00. The van der Waals surface area contributed by atoms with E-state index in [9.17, 15) is 0 Å². The van der Waals surface area contributed by atoms with E-state index in [1.54, 1.807) is 0 Å². The van der Waals surface area contributed by atoms with Crippen molar-refractivity contribution >= 4 is 9.69 Å². The van der Waals surface area contributed by atoms with Gasteiger partial charge in [-0.05, 0) is 7.11 Å². The van der Waals surface area contributed by atoms with E-state index in [4.69, 9.17) is 9.69 Å². The van der Waals surface area contributed by atoms with Gasteiger partial charge in [0, 0.05) is 0 Å². The molecule has 0 saturated carbocycles. The van der Waals surface area contributed by atoms with E-state index in [2.05, 4.69) is 11.8 Å². The number of hydrogen-bond acceptors (Lipinski definition) is 1. The van der Waals surface area contributed by atoms with Gasteiger partial charge in [0.25, 0.3) is 0 Å². The molecule has 0 aromatic heterocycles. The van der Waals surface area contributed by atoms with Crippen LogP contribution in [0.5, 0.6) is 0 Å². The van der Waals surface area contributed by atoms with Gasteiger partial charge in [-0.1, -0.05) is 0 Å². The van der Waals surface area contributed by atoms with Crippen LogP contribution in [0.2, 0.25) is 0 Å². The first-order valence-corrected chi connectivity index (χ1v) is 4.86. The number of halogens is 1. The molecule has 28 valence electrons. The SMILES string of the molecule is [CH2-]OC.[Cl][Zn+]. The van der Waals surface area contributed by atoms with Crippen LogP contribution in [-0.2, 0) is 22.0 Å². The first-order chi connectivity index (χ1) is 2.41. The van der Waals surface area contributed by atoms with E-state index in [1.807, 2.05) is 0 Å². The Balaban J connectivity index is 0. The van der Waals surface area contributed by atoms with E-state index in [1.165, 1.54) is 7.11 Å². The Kier molecular flexibility index (Phi) is 38.7. The molecule has 5 heavy (non-hydrogen) atoms. The normalized spacial score (nSPS) is 5.00. The van der Waals surface area contributed by atoms with Crippen LogP contribution in [0.3, 0.4) is 0 Å². The summed E-state index contributed by atoms with van der Waals surface area (Å²) in [5, 5.41) is 0. The third-order valence-electron chi connectivity index (χ3n) is 0. The molecule has 0 fully saturated rings. The molecule has 0 aliphatic rings. The molecule has 1 nitrogen and oxygen atoms in total. The average Bonchev–Trinajstić information content (AvgIpc) is 1.46. The second kappa shape index (κ2) is 20.8. The molecule has 0 spiro atoms. The molecule has 3 heteroatoms. The van der Waals surface area contributed by atoms with Crippen LogP contribution in [0.4, 0.5) is 0 Å². The zero-order chi connectivity index (χ0) is 4.71. The van der Waals surface area contributed by atoms with Gasteiger partial charge in [-0.15, -0.1) is 0 Å². The van der Waals surface area contributed by atoms with Crippen LogP contribution < -0.4 is 0 Å². The summed E-state index contributed by atoms with van der Waals surface area (Å²) >= 11 is 0.847. The second-order valence-corrected chi connectivity index (χ2v) is 0.289. The summed E-state index contributed by atoms with van der Waals surface area (Å²) in [4.78, 5) is 0. The Labute approximate surface area is 46.4 Å². The summed E-state index contributed by atoms with van der Waals surface area (Å²) in [5.74, 6) is 0. The number of hydrogen-bond donors (Lipinski definition) is 0. The first kappa shape index (κ1) is 9.30. The van der Waals surface area contributed by atoms with Crippen molar-refractivity contribution < 1.29 is 22.0 Å². The van der Waals surface area contributed by atoms with Gasteiger partial charge in [0.1, 0.15) is 0 Å². The zero-order valence-corrected chi connectivity index (χ0v) is 6.92. The molecule has 0 heterocycles. The third-order valence-corrected chi connectivity index (χ3v) is 0. The van der Waals surface area contributed by atoms with Gasteiger partial charge >= 0.3 is 27.0 Å². The van der Waals surface area contributed by atoms with Crippen LogP contribution in [0.15, 0.2) is 0 Å². The standard InChI is InChI=1S/C2H5O.ClH.Zn/c1-3-2;;/h1H2,2H3;1H;/q-1;;+2/p-1. The van der Waals surface area contributed by atoms with Crippen molar-refractivity contribution in [3.8, 4) is 0 Å². The van der Waals surface area contributed by atoms with Crippen molar-refractivity contribution in [2.75, 3.05) is 7.11 Å². The molecule has 0 N–H and O–H groups in total. The van der Waals surface area contributed by atoms with Gasteiger partial charge < -0.3 is 4.74 Å². The Morgan fingerprint density at radius 2 is 1.80 bits per heavy atom. The van der Waals surface area contributed by atoms with Crippen LogP contribution >= 0.6 is 9.69 Å². The van der Waals surface area contributed by atoms with Gasteiger partial charge in [0.05, 0.1) is 0 Å². The molecule has 0 radical (unpaired) electrons. The quantitative estimate of drug-likeness (QED) is 0.367. The Morgan fingerprint density at radius 3 is 1.80 bits per heavy atom. The van der Waals surface area contributed by atoms with Crippen molar-refractivity contribution in [1.82, 2.24) is 0 Å². The monoisotopic (exact) mass is 144 g/mol. The van der Waals surface area contributed by atoms with Crippen molar-refractivity contribution in [1.29, 1.82) is 0 Å². The predicted molar refractivity (Wildman–Crippen MR) is 18.2 cm³/mol. The number of methoxy groups -OCH3 is 1. The molecule has 0 aromatic carbocycles. The van der Waals surface area contributed by atoms with Crippen molar-refractivity contribution in [3.63, 3.8) is 0 Å². The van der Waals surface area contributed by atoms with Gasteiger partial charge in [0.2, 0.25) is 0 Å². The van der Waals surface area contributed by atoms with Crippen molar-refractivity contribution in [2.24, 2.45) is 0 Å². The summed E-state index contributed by atoms with van der Waals surface area (Å²) in [5.41, 5.74) is 0. The summed E-state index contributed by atoms with van der Waals surface area (Å²) in [7, 11) is 9.26. The third kappa shape index (κ3) is 52.7. The minimum atomic E-state index is 0.847. The van der Waals surface area contributed by atoms with Crippen LogP contribution in [0.1, 0.15) is 0 Å². The maximum absolute atomic E-state index is 4.76. The van der Waals surface area contributed by atoms with E-state index in [0.29, 0.717) is 0 Å². The fraction of sp³-hybridized carbons (Fsp3) is 0.500. The zero-order valence-electron chi connectivity index (χ0n) is 3.20. The predicted octanol–water partition coefficient (Wildman–Crippen LogP) is 1.11. The van der Waals surface area contributed by atoms with Gasteiger partial charge in [-0.3, -0.25) is 0 Å². The van der Waals surface area contributed by atoms with Crippen LogP contribution in [0, 0.1) is 7.11 Å². The summed E-state index contributed by atoms with van der Waals surface area (Å²) in [6, 6.07) is 0. The van der Waals surface area contributed by atoms with E-state index in [-0.39, 0.29) is 0 Å². The molecule has 0 unspecified atom stereocenters. The molecule has 0 aromatic rings. The fourth-order valence-corrected chi connectivity index (χ4v) is 0. The molecule has 0 bridgehead atoms. The summed E-state index contributed by atoms with van der Waals surface area (Å²) in [6.07, 6.45) is 0. The molecule has 0 rings (SSSR count). The molecule has 0 aliphatic heterocycles. The number of ether oxygens (including phenoxy) is 1. The number of rotatable bonds is 0. The molecular formula is C2H5ClOZn. The molecule has 0 amide bonds. The second-order valence-electron chi connectivity index (χ2n) is 0.289. The Bertz CT molecular complexity index is 9.61. The fourth-order valence-electron chi connectivity index (χ4n) is 0. The topological polar surface area (TPSA) is 9.23 Å². The summed E-state index contributed by atoms with van der Waals surface area (Å²) in [6.45, 7) is 0. The molecule has 0 aliphatic carbocycles. The van der Waals surface area contributed by atoms with Crippen LogP contribution in [0.25, 0.3) is 0 Å². The van der Waals surface area contributed by atoms with E-state index in [0.717, 1.165) is 17.3 Å². The van der Waals surface area contributed by atoms with Crippen molar-refractivity contribution in [3.05, 3.63) is 7.11 Å². The maximum atomic E-state index is 4.76. The molecular weight excluding hydrogens is 141 g/mol. The van der Waals surface area contributed by atoms with Crippen molar-refractivity contribution in [2.45, 2.75) is 0 Å². The van der Waals surface area contributed by atoms with E-state index >= 15 is 0 Å². The van der Waals surface area contributed by atoms with Gasteiger partial charge in [-0.25, -0.2) is 7.11 Å². The van der Waals surface area contributed by atoms with Gasteiger partial charge in [-0.2, -0.15) is 0 Å². The first-order valence-electron chi connectivity index (χ1n) is 0.964. The Hall–Kier alpha value is 0.873. The molecule has 0 saturated heterocycles. The van der Waals surface area contributed by atoms with Gasteiger partial charge in [0.15, 0.2) is 0 Å².